The van der Waals surface area contributed by atoms with Crippen LogP contribution < -0.4 is 10.6 Å². The van der Waals surface area contributed by atoms with Crippen molar-refractivity contribution in [3.05, 3.63) is 46.6 Å². The summed E-state index contributed by atoms with van der Waals surface area (Å²) in [5.41, 5.74) is 2.97. The van der Waals surface area contributed by atoms with E-state index in [1.165, 1.54) is 49.8 Å². The van der Waals surface area contributed by atoms with Gasteiger partial charge in [0.15, 0.2) is 5.11 Å². The number of hydrogen-bond acceptors (Lipinski definition) is 1. The molecule has 1 aromatic carbocycles. The highest BCUT2D eigenvalue weighted by molar-refractivity contribution is 7.80. The van der Waals surface area contributed by atoms with Crippen molar-refractivity contribution in [3.63, 3.8) is 0 Å². The molecule has 126 valence electrons. The van der Waals surface area contributed by atoms with Crippen LogP contribution >= 0.6 is 23.8 Å². The topological polar surface area (TPSA) is 24.1 Å². The molecule has 1 aromatic rings. The Morgan fingerprint density at radius 3 is 2.12 bits per heavy atom. The summed E-state index contributed by atoms with van der Waals surface area (Å²) in [7, 11) is 0. The van der Waals surface area contributed by atoms with Gasteiger partial charge in [-0.3, -0.25) is 0 Å². The van der Waals surface area contributed by atoms with E-state index in [-0.39, 0.29) is 6.04 Å². The zero-order valence-corrected chi connectivity index (χ0v) is 15.3. The van der Waals surface area contributed by atoms with E-state index < -0.39 is 0 Å². The molecule has 0 aromatic heterocycles. The molecular weight excluding hydrogens is 336 g/mol. The van der Waals surface area contributed by atoms with Crippen LogP contribution in [0.25, 0.3) is 0 Å². The van der Waals surface area contributed by atoms with Gasteiger partial charge in [-0.1, -0.05) is 23.7 Å². The molecule has 24 heavy (non-hydrogen) atoms. The molecule has 4 aliphatic carbocycles. The first-order valence-corrected chi connectivity index (χ1v) is 9.93. The summed E-state index contributed by atoms with van der Waals surface area (Å²) in [4.78, 5) is 0. The number of benzene rings is 1. The first-order chi connectivity index (χ1) is 11.6. The third-order valence-electron chi connectivity index (χ3n) is 6.71. The van der Waals surface area contributed by atoms with Crippen LogP contribution in [0.2, 0.25) is 5.02 Å². The van der Waals surface area contributed by atoms with Gasteiger partial charge in [0.05, 0.1) is 6.04 Å². The number of thiocarbonyl (C=S) groups is 1. The third kappa shape index (κ3) is 2.48. The molecule has 1 heterocycles. The van der Waals surface area contributed by atoms with Crippen molar-refractivity contribution in [1.29, 1.82) is 0 Å². The highest BCUT2D eigenvalue weighted by Gasteiger charge is 2.53. The minimum absolute atomic E-state index is 0.152. The fraction of sp³-hybridized carbons (Fsp3) is 0.550. The van der Waals surface area contributed by atoms with Crippen LogP contribution in [0.5, 0.6) is 0 Å². The smallest absolute Gasteiger partial charge is 0.171 e. The predicted octanol–water partition coefficient (Wildman–Crippen LogP) is 4.96. The Hall–Kier alpha value is -1.06. The number of nitrogens with one attached hydrogen (secondary N) is 2. The second-order valence-corrected chi connectivity index (χ2v) is 9.25. The predicted molar refractivity (Wildman–Crippen MR) is 102 cm³/mol. The van der Waals surface area contributed by atoms with Crippen LogP contribution in [0, 0.1) is 23.2 Å². The van der Waals surface area contributed by atoms with Gasteiger partial charge in [0.25, 0.3) is 0 Å². The van der Waals surface area contributed by atoms with E-state index in [0.717, 1.165) is 27.9 Å². The average Bonchev–Trinajstić information content (AvgIpc) is 2.54. The van der Waals surface area contributed by atoms with Crippen molar-refractivity contribution in [2.45, 2.75) is 44.6 Å². The van der Waals surface area contributed by atoms with Gasteiger partial charge >= 0.3 is 0 Å². The summed E-state index contributed by atoms with van der Waals surface area (Å²) in [5, 5.41) is 8.50. The second kappa shape index (κ2) is 5.47. The summed E-state index contributed by atoms with van der Waals surface area (Å²) in [5.74, 6) is 2.82. The maximum absolute atomic E-state index is 6.04. The van der Waals surface area contributed by atoms with Gasteiger partial charge in [0.2, 0.25) is 0 Å². The number of hydrogen-bond donors (Lipinski definition) is 2. The molecule has 4 saturated carbocycles. The highest BCUT2D eigenvalue weighted by atomic mass is 35.5. The standard InChI is InChI=1S/C20H23ClN2S/c21-16-3-1-15(2-4-16)17-8-18(23-19(24)22-17)20-9-12-5-13(10-20)7-14(6-12)11-20/h1-4,8,12-14,17H,5-7,9-11H2,(H2,22,23,24). The van der Waals surface area contributed by atoms with Crippen molar-refractivity contribution >= 4 is 28.9 Å². The molecule has 5 aliphatic rings. The van der Waals surface area contributed by atoms with E-state index in [1.54, 1.807) is 0 Å². The molecule has 0 spiro atoms. The molecule has 2 nitrogen and oxygen atoms in total. The molecule has 6 rings (SSSR count). The van der Waals surface area contributed by atoms with Gasteiger partial charge in [-0.15, -0.1) is 0 Å². The zero-order valence-electron chi connectivity index (χ0n) is 13.7. The van der Waals surface area contributed by atoms with Crippen molar-refractivity contribution in [3.8, 4) is 0 Å². The summed E-state index contributed by atoms with van der Waals surface area (Å²) < 4.78 is 0. The van der Waals surface area contributed by atoms with Crippen LogP contribution in [0.4, 0.5) is 0 Å². The zero-order chi connectivity index (χ0) is 16.3. The molecule has 1 atom stereocenters. The van der Waals surface area contributed by atoms with Crippen molar-refractivity contribution in [1.82, 2.24) is 10.6 Å². The van der Waals surface area contributed by atoms with Gasteiger partial charge in [0, 0.05) is 16.1 Å². The number of halogens is 1. The Morgan fingerprint density at radius 1 is 0.958 bits per heavy atom. The second-order valence-electron chi connectivity index (χ2n) is 8.41. The van der Waals surface area contributed by atoms with E-state index in [1.807, 2.05) is 12.1 Å². The average molecular weight is 359 g/mol. The number of allylic oxidation sites excluding steroid dienone is 1. The minimum atomic E-state index is 0.152. The maximum atomic E-state index is 6.04. The number of rotatable bonds is 2. The van der Waals surface area contributed by atoms with Crippen molar-refractivity contribution in [2.24, 2.45) is 23.2 Å². The van der Waals surface area contributed by atoms with E-state index in [2.05, 4.69) is 28.8 Å². The normalized spacial score (nSPS) is 40.0. The maximum Gasteiger partial charge on any atom is 0.171 e. The molecule has 4 fully saturated rings. The van der Waals surface area contributed by atoms with Crippen LogP contribution in [0.1, 0.15) is 50.1 Å². The van der Waals surface area contributed by atoms with Crippen LogP contribution in [-0.2, 0) is 0 Å². The van der Waals surface area contributed by atoms with Gasteiger partial charge in [-0.05, 0) is 92.3 Å². The fourth-order valence-corrected chi connectivity index (χ4v) is 6.51. The lowest BCUT2D eigenvalue weighted by Gasteiger charge is -2.58. The first kappa shape index (κ1) is 15.2. The van der Waals surface area contributed by atoms with Crippen molar-refractivity contribution in [2.75, 3.05) is 0 Å². The quantitative estimate of drug-likeness (QED) is 0.731. The molecule has 0 radical (unpaired) electrons. The molecule has 1 aliphatic heterocycles. The Balaban J connectivity index is 1.50. The monoisotopic (exact) mass is 358 g/mol. The Morgan fingerprint density at radius 2 is 1.54 bits per heavy atom. The largest absolute Gasteiger partial charge is 0.352 e. The van der Waals surface area contributed by atoms with E-state index in [4.69, 9.17) is 23.8 Å². The summed E-state index contributed by atoms with van der Waals surface area (Å²) >= 11 is 11.6. The van der Waals surface area contributed by atoms with E-state index in [0.29, 0.717) is 5.41 Å². The van der Waals surface area contributed by atoms with Gasteiger partial charge in [-0.25, -0.2) is 0 Å². The van der Waals surface area contributed by atoms with Crippen molar-refractivity contribution < 1.29 is 0 Å². The van der Waals surface area contributed by atoms with Gasteiger partial charge in [0.1, 0.15) is 0 Å². The van der Waals surface area contributed by atoms with E-state index in [9.17, 15) is 0 Å². The molecule has 4 heteroatoms. The van der Waals surface area contributed by atoms with Crippen LogP contribution in [0.3, 0.4) is 0 Å². The van der Waals surface area contributed by atoms with Crippen LogP contribution in [-0.4, -0.2) is 5.11 Å². The van der Waals surface area contributed by atoms with Gasteiger partial charge < -0.3 is 10.6 Å². The molecule has 0 saturated heterocycles. The van der Waals surface area contributed by atoms with Crippen LogP contribution in [0.15, 0.2) is 36.0 Å². The molecular formula is C20H23ClN2S. The lowest BCUT2D eigenvalue weighted by molar-refractivity contribution is -0.0331. The summed E-state index contributed by atoms with van der Waals surface area (Å²) in [6.07, 6.45) is 10.9. The lowest BCUT2D eigenvalue weighted by Crippen LogP contribution is -2.53. The highest BCUT2D eigenvalue weighted by Crippen LogP contribution is 2.62. The summed E-state index contributed by atoms with van der Waals surface area (Å²) in [6.45, 7) is 0. The molecule has 2 N–H and O–H groups in total. The Labute approximate surface area is 154 Å². The lowest BCUT2D eigenvalue weighted by atomic mass is 9.48. The van der Waals surface area contributed by atoms with E-state index >= 15 is 0 Å². The third-order valence-corrected chi connectivity index (χ3v) is 7.18. The van der Waals surface area contributed by atoms with Gasteiger partial charge in [-0.2, -0.15) is 0 Å². The fourth-order valence-electron chi connectivity index (χ4n) is 6.15. The first-order valence-electron chi connectivity index (χ1n) is 9.15. The molecule has 1 unspecified atom stereocenters. The molecule has 4 bridgehead atoms. The Kier molecular flexibility index (Phi) is 3.47. The summed E-state index contributed by atoms with van der Waals surface area (Å²) in [6, 6.07) is 8.27. The Bertz CT molecular complexity index is 674. The molecule has 0 amide bonds. The minimum Gasteiger partial charge on any atom is -0.352 e. The SMILES string of the molecule is S=C1NC(C23CC4CC(CC(C4)C2)C3)=CC(c2ccc(Cl)cc2)N1.